The van der Waals surface area contributed by atoms with Gasteiger partial charge >= 0.3 is 0 Å². The minimum Gasteiger partial charge on any atom is -0.492 e. The highest BCUT2D eigenvalue weighted by Gasteiger charge is 2.14. The minimum absolute atomic E-state index is 0.287. The predicted molar refractivity (Wildman–Crippen MR) is 74.8 cm³/mol. The molecule has 4 heteroatoms. The molecule has 106 valence electrons. The Balaban J connectivity index is 1.90. The SMILES string of the molecule is C[C@H](N)c1c(F)cccc1OCCN1CCCCC1. The van der Waals surface area contributed by atoms with Gasteiger partial charge in [0.2, 0.25) is 0 Å². The van der Waals surface area contributed by atoms with E-state index in [2.05, 4.69) is 4.90 Å². The Labute approximate surface area is 114 Å². The van der Waals surface area contributed by atoms with Crippen LogP contribution in [0.4, 0.5) is 4.39 Å². The highest BCUT2D eigenvalue weighted by molar-refractivity contribution is 5.36. The number of nitrogens with two attached hydrogens (primary N) is 1. The van der Waals surface area contributed by atoms with Crippen LogP contribution >= 0.6 is 0 Å². The van der Waals surface area contributed by atoms with E-state index in [0.29, 0.717) is 17.9 Å². The van der Waals surface area contributed by atoms with E-state index in [-0.39, 0.29) is 11.9 Å². The van der Waals surface area contributed by atoms with Crippen LogP contribution in [-0.2, 0) is 0 Å². The van der Waals surface area contributed by atoms with Gasteiger partial charge in [0.1, 0.15) is 18.2 Å². The lowest BCUT2D eigenvalue weighted by Crippen LogP contribution is -2.33. The molecule has 1 aromatic rings. The number of nitrogens with zero attached hydrogens (tertiary/aromatic N) is 1. The van der Waals surface area contributed by atoms with E-state index >= 15 is 0 Å². The number of hydrogen-bond acceptors (Lipinski definition) is 3. The van der Waals surface area contributed by atoms with Gasteiger partial charge < -0.3 is 10.5 Å². The molecule has 2 rings (SSSR count). The van der Waals surface area contributed by atoms with Crippen LogP contribution in [0.15, 0.2) is 18.2 Å². The van der Waals surface area contributed by atoms with E-state index in [0.717, 1.165) is 19.6 Å². The molecule has 0 unspecified atom stereocenters. The molecule has 1 aliphatic rings. The molecule has 0 spiro atoms. The normalized spacial score (nSPS) is 18.3. The van der Waals surface area contributed by atoms with Gasteiger partial charge in [-0.3, -0.25) is 4.90 Å². The van der Waals surface area contributed by atoms with Crippen LogP contribution in [0, 0.1) is 5.82 Å². The van der Waals surface area contributed by atoms with Crippen LogP contribution < -0.4 is 10.5 Å². The summed E-state index contributed by atoms with van der Waals surface area (Å²) in [6.07, 6.45) is 3.87. The van der Waals surface area contributed by atoms with Crippen molar-refractivity contribution in [3.63, 3.8) is 0 Å². The van der Waals surface area contributed by atoms with Gasteiger partial charge in [-0.25, -0.2) is 4.39 Å². The second kappa shape index (κ2) is 6.87. The third-order valence-corrected chi connectivity index (χ3v) is 3.58. The average molecular weight is 266 g/mol. The molecule has 0 aromatic heterocycles. The fraction of sp³-hybridized carbons (Fsp3) is 0.600. The molecule has 1 aromatic carbocycles. The predicted octanol–water partition coefficient (Wildman–Crippen LogP) is 2.71. The van der Waals surface area contributed by atoms with Crippen LogP contribution in [0.1, 0.15) is 37.8 Å². The van der Waals surface area contributed by atoms with Crippen molar-refractivity contribution in [3.05, 3.63) is 29.6 Å². The number of halogens is 1. The van der Waals surface area contributed by atoms with Crippen LogP contribution in [0.5, 0.6) is 5.75 Å². The fourth-order valence-corrected chi connectivity index (χ4v) is 2.55. The molecule has 0 radical (unpaired) electrons. The van der Waals surface area contributed by atoms with Crippen molar-refractivity contribution in [2.45, 2.75) is 32.2 Å². The number of benzene rings is 1. The highest BCUT2D eigenvalue weighted by atomic mass is 19.1. The van der Waals surface area contributed by atoms with Crippen molar-refractivity contribution >= 4 is 0 Å². The Hall–Kier alpha value is -1.13. The first kappa shape index (κ1) is 14.3. The molecule has 19 heavy (non-hydrogen) atoms. The minimum atomic E-state index is -0.355. The zero-order chi connectivity index (χ0) is 13.7. The Morgan fingerprint density at radius 1 is 1.32 bits per heavy atom. The molecule has 0 amide bonds. The summed E-state index contributed by atoms with van der Waals surface area (Å²) in [6.45, 7) is 5.55. The smallest absolute Gasteiger partial charge is 0.131 e. The lowest BCUT2D eigenvalue weighted by Gasteiger charge is -2.26. The van der Waals surface area contributed by atoms with Gasteiger partial charge in [-0.15, -0.1) is 0 Å². The lowest BCUT2D eigenvalue weighted by atomic mass is 10.1. The van der Waals surface area contributed by atoms with E-state index in [1.54, 1.807) is 19.1 Å². The fourth-order valence-electron chi connectivity index (χ4n) is 2.55. The molecular weight excluding hydrogens is 243 g/mol. The largest absolute Gasteiger partial charge is 0.492 e. The summed E-state index contributed by atoms with van der Waals surface area (Å²) >= 11 is 0. The Morgan fingerprint density at radius 3 is 2.74 bits per heavy atom. The van der Waals surface area contributed by atoms with Crippen molar-refractivity contribution in [2.75, 3.05) is 26.2 Å². The molecule has 1 heterocycles. The van der Waals surface area contributed by atoms with Gasteiger partial charge in [-0.1, -0.05) is 12.5 Å². The van der Waals surface area contributed by atoms with Gasteiger partial charge in [0.25, 0.3) is 0 Å². The second-order valence-corrected chi connectivity index (χ2v) is 5.19. The summed E-state index contributed by atoms with van der Waals surface area (Å²) in [6, 6.07) is 4.53. The van der Waals surface area contributed by atoms with Crippen LogP contribution in [0.25, 0.3) is 0 Å². The number of ether oxygens (including phenoxy) is 1. The van der Waals surface area contributed by atoms with Gasteiger partial charge in [0.05, 0.1) is 0 Å². The maximum absolute atomic E-state index is 13.7. The van der Waals surface area contributed by atoms with Crippen molar-refractivity contribution in [3.8, 4) is 5.75 Å². The van der Waals surface area contributed by atoms with Crippen LogP contribution in [0.3, 0.4) is 0 Å². The number of rotatable bonds is 5. The summed E-state index contributed by atoms with van der Waals surface area (Å²) in [5.74, 6) is 0.289. The third-order valence-electron chi connectivity index (χ3n) is 3.58. The Kier molecular flexibility index (Phi) is 5.16. The molecule has 0 bridgehead atoms. The van der Waals surface area contributed by atoms with Crippen LogP contribution in [-0.4, -0.2) is 31.1 Å². The van der Waals surface area contributed by atoms with Gasteiger partial charge in [0, 0.05) is 18.2 Å². The lowest BCUT2D eigenvalue weighted by molar-refractivity contribution is 0.182. The zero-order valence-corrected chi connectivity index (χ0v) is 11.6. The Bertz CT molecular complexity index is 403. The summed E-state index contributed by atoms with van der Waals surface area (Å²) in [5, 5.41) is 0. The van der Waals surface area contributed by atoms with E-state index in [1.165, 1.54) is 25.3 Å². The van der Waals surface area contributed by atoms with Crippen LogP contribution in [0.2, 0.25) is 0 Å². The molecule has 1 aliphatic heterocycles. The number of piperidine rings is 1. The van der Waals surface area contributed by atoms with Gasteiger partial charge in [-0.2, -0.15) is 0 Å². The Morgan fingerprint density at radius 2 is 2.05 bits per heavy atom. The second-order valence-electron chi connectivity index (χ2n) is 5.19. The zero-order valence-electron chi connectivity index (χ0n) is 11.6. The molecular formula is C15H23FN2O. The number of likely N-dealkylation sites (tertiary alicyclic amines) is 1. The van der Waals surface area contributed by atoms with Crippen molar-refractivity contribution in [1.29, 1.82) is 0 Å². The maximum atomic E-state index is 13.7. The third kappa shape index (κ3) is 3.91. The topological polar surface area (TPSA) is 38.5 Å². The van der Waals surface area contributed by atoms with E-state index < -0.39 is 0 Å². The molecule has 1 atom stereocenters. The highest BCUT2D eigenvalue weighted by Crippen LogP contribution is 2.26. The first-order chi connectivity index (χ1) is 9.18. The monoisotopic (exact) mass is 266 g/mol. The summed E-state index contributed by atoms with van der Waals surface area (Å²) in [7, 11) is 0. The molecule has 0 saturated carbocycles. The summed E-state index contributed by atoms with van der Waals surface area (Å²) < 4.78 is 19.4. The maximum Gasteiger partial charge on any atom is 0.131 e. The number of hydrogen-bond donors (Lipinski definition) is 1. The van der Waals surface area contributed by atoms with Crippen molar-refractivity contribution in [2.24, 2.45) is 5.73 Å². The van der Waals surface area contributed by atoms with Crippen molar-refractivity contribution < 1.29 is 9.13 Å². The molecule has 2 N–H and O–H groups in total. The first-order valence-corrected chi connectivity index (χ1v) is 7.07. The first-order valence-electron chi connectivity index (χ1n) is 7.07. The van der Waals surface area contributed by atoms with Gasteiger partial charge in [-0.05, 0) is 45.0 Å². The average Bonchev–Trinajstić information content (AvgIpc) is 2.39. The summed E-state index contributed by atoms with van der Waals surface area (Å²) in [5.41, 5.74) is 6.27. The molecule has 1 fully saturated rings. The van der Waals surface area contributed by atoms with E-state index in [4.69, 9.17) is 10.5 Å². The molecule has 1 saturated heterocycles. The molecule has 0 aliphatic carbocycles. The van der Waals surface area contributed by atoms with Crippen molar-refractivity contribution in [1.82, 2.24) is 4.90 Å². The van der Waals surface area contributed by atoms with Gasteiger partial charge in [0.15, 0.2) is 0 Å². The standard InChI is InChI=1S/C15H23FN2O/c1-12(17)15-13(16)6-5-7-14(15)19-11-10-18-8-3-2-4-9-18/h5-7,12H,2-4,8-11,17H2,1H3/t12-/m0/s1. The molecule has 3 nitrogen and oxygen atoms in total. The van der Waals surface area contributed by atoms with E-state index in [9.17, 15) is 4.39 Å². The quantitative estimate of drug-likeness (QED) is 0.890. The summed E-state index contributed by atoms with van der Waals surface area (Å²) in [4.78, 5) is 2.40. The van der Waals surface area contributed by atoms with E-state index in [1.807, 2.05) is 0 Å².